The van der Waals surface area contributed by atoms with Gasteiger partial charge >= 0.3 is 6.18 Å². The third kappa shape index (κ3) is 3.67. The van der Waals surface area contributed by atoms with Crippen LogP contribution in [0.1, 0.15) is 46.3 Å². The topological polar surface area (TPSA) is 51.0 Å². The molecule has 0 N–H and O–H groups in total. The second-order valence-electron chi connectivity index (χ2n) is 6.37. The molecule has 0 saturated carbocycles. The first-order valence-electron chi connectivity index (χ1n) is 8.08. The number of hydrogen-bond donors (Lipinski definition) is 0. The zero-order valence-electron chi connectivity index (χ0n) is 14.0. The smallest absolute Gasteiger partial charge is 0.338 e. The van der Waals surface area contributed by atoms with E-state index in [1.54, 1.807) is 24.1 Å². The number of nitrogens with zero attached hydrogens (tertiary/aromatic N) is 4. The molecule has 1 fully saturated rings. The lowest BCUT2D eigenvalue weighted by molar-refractivity contribution is -0.141. The van der Waals surface area contributed by atoms with Crippen molar-refractivity contribution in [2.24, 2.45) is 7.05 Å². The Labute approximate surface area is 143 Å². The van der Waals surface area contributed by atoms with Gasteiger partial charge < -0.3 is 9.47 Å². The van der Waals surface area contributed by atoms with Gasteiger partial charge in [-0.3, -0.25) is 9.78 Å². The van der Waals surface area contributed by atoms with Gasteiger partial charge in [-0.15, -0.1) is 0 Å². The van der Waals surface area contributed by atoms with E-state index in [0.29, 0.717) is 30.9 Å². The van der Waals surface area contributed by atoms with Crippen LogP contribution in [0.15, 0.2) is 24.5 Å². The summed E-state index contributed by atoms with van der Waals surface area (Å²) in [6, 6.07) is 3.49. The van der Waals surface area contributed by atoms with Crippen LogP contribution in [0, 0.1) is 6.92 Å². The van der Waals surface area contributed by atoms with Crippen molar-refractivity contribution >= 4 is 5.91 Å². The lowest BCUT2D eigenvalue weighted by atomic mass is 9.96. The number of amides is 1. The largest absolute Gasteiger partial charge is 0.434 e. The summed E-state index contributed by atoms with van der Waals surface area (Å²) in [6.45, 7) is 2.78. The molecule has 0 spiro atoms. The number of carbonyl (C=O) groups excluding carboxylic acids is 1. The Bertz CT molecular complexity index is 767. The van der Waals surface area contributed by atoms with Gasteiger partial charge in [0.05, 0.1) is 5.56 Å². The summed E-state index contributed by atoms with van der Waals surface area (Å²) in [4.78, 5) is 22.2. The Kier molecular flexibility index (Phi) is 4.53. The maximum atomic E-state index is 12.9. The SMILES string of the molecule is Cc1ccc(C(=O)N2CCC[C@H](c3nc(C(F)(F)F)cn3C)C2)cn1. The molecule has 8 heteroatoms. The van der Waals surface area contributed by atoms with Gasteiger partial charge in [0, 0.05) is 44.1 Å². The van der Waals surface area contributed by atoms with E-state index in [1.807, 2.05) is 6.92 Å². The highest BCUT2D eigenvalue weighted by molar-refractivity contribution is 5.94. The molecule has 1 aliphatic rings. The fraction of sp³-hybridized carbons (Fsp3) is 0.471. The van der Waals surface area contributed by atoms with E-state index < -0.39 is 11.9 Å². The predicted octanol–water partition coefficient (Wildman–Crippen LogP) is 3.16. The van der Waals surface area contributed by atoms with Crippen LogP contribution in [-0.2, 0) is 13.2 Å². The molecule has 1 saturated heterocycles. The number of rotatable bonds is 2. The first-order chi connectivity index (χ1) is 11.8. The van der Waals surface area contributed by atoms with Crippen molar-refractivity contribution < 1.29 is 18.0 Å². The Hall–Kier alpha value is -2.38. The van der Waals surface area contributed by atoms with Crippen LogP contribution in [-0.4, -0.2) is 38.4 Å². The molecule has 1 atom stereocenters. The molecule has 2 aromatic rings. The van der Waals surface area contributed by atoms with E-state index in [9.17, 15) is 18.0 Å². The third-order valence-electron chi connectivity index (χ3n) is 4.43. The van der Waals surface area contributed by atoms with Crippen LogP contribution < -0.4 is 0 Å². The van der Waals surface area contributed by atoms with Crippen LogP contribution in [0.4, 0.5) is 13.2 Å². The zero-order chi connectivity index (χ0) is 18.2. The first-order valence-corrected chi connectivity index (χ1v) is 8.08. The van der Waals surface area contributed by atoms with Crippen molar-refractivity contribution in [2.45, 2.75) is 31.9 Å². The van der Waals surface area contributed by atoms with Gasteiger partial charge in [0.2, 0.25) is 0 Å². The number of pyridine rings is 1. The number of imidazole rings is 1. The fourth-order valence-corrected chi connectivity index (χ4v) is 3.15. The number of halogens is 3. The monoisotopic (exact) mass is 352 g/mol. The first kappa shape index (κ1) is 17.4. The van der Waals surface area contributed by atoms with Crippen LogP contribution in [0.2, 0.25) is 0 Å². The third-order valence-corrected chi connectivity index (χ3v) is 4.43. The average molecular weight is 352 g/mol. The summed E-state index contributed by atoms with van der Waals surface area (Å²) >= 11 is 0. The van der Waals surface area contributed by atoms with Crippen LogP contribution in [0.3, 0.4) is 0 Å². The standard InChI is InChI=1S/C17H19F3N4O/c1-11-5-6-12(8-21-11)16(25)24-7-3-4-13(9-24)15-22-14(10-23(15)2)17(18,19)20/h5-6,8,10,13H,3-4,7,9H2,1-2H3/t13-/m0/s1. The van der Waals surface area contributed by atoms with E-state index in [0.717, 1.165) is 18.3 Å². The maximum Gasteiger partial charge on any atom is 0.434 e. The van der Waals surface area contributed by atoms with Crippen molar-refractivity contribution in [3.05, 3.63) is 47.3 Å². The van der Waals surface area contributed by atoms with Crippen molar-refractivity contribution in [2.75, 3.05) is 13.1 Å². The summed E-state index contributed by atoms with van der Waals surface area (Å²) < 4.78 is 40.0. The summed E-state index contributed by atoms with van der Waals surface area (Å²) in [7, 11) is 1.56. The number of aryl methyl sites for hydroxylation is 2. The Balaban J connectivity index is 1.78. The molecule has 0 unspecified atom stereocenters. The predicted molar refractivity (Wildman–Crippen MR) is 85.1 cm³/mol. The minimum Gasteiger partial charge on any atom is -0.338 e. The van der Waals surface area contributed by atoms with Gasteiger partial charge in [-0.1, -0.05) is 0 Å². The summed E-state index contributed by atoms with van der Waals surface area (Å²) in [5.41, 5.74) is 0.416. The molecule has 2 aromatic heterocycles. The van der Waals surface area contributed by atoms with Crippen molar-refractivity contribution in [1.82, 2.24) is 19.4 Å². The molecular formula is C17H19F3N4O. The molecule has 0 aromatic carbocycles. The van der Waals surface area contributed by atoms with Gasteiger partial charge in [-0.05, 0) is 31.9 Å². The van der Waals surface area contributed by atoms with Gasteiger partial charge in [0.1, 0.15) is 5.82 Å². The van der Waals surface area contributed by atoms with E-state index in [4.69, 9.17) is 0 Å². The molecule has 0 aliphatic carbocycles. The molecule has 1 aliphatic heterocycles. The molecule has 1 amide bonds. The average Bonchev–Trinajstić information content (AvgIpc) is 2.97. The number of likely N-dealkylation sites (tertiary alicyclic amines) is 1. The minimum absolute atomic E-state index is 0.151. The summed E-state index contributed by atoms with van der Waals surface area (Å²) in [5.74, 6) is 0.00603. The van der Waals surface area contributed by atoms with E-state index >= 15 is 0 Å². The Morgan fingerprint density at radius 1 is 1.32 bits per heavy atom. The summed E-state index contributed by atoms with van der Waals surface area (Å²) in [6.07, 6.45) is -0.500. The molecule has 5 nitrogen and oxygen atoms in total. The number of piperidine rings is 1. The normalized spacial score (nSPS) is 18.4. The lowest BCUT2D eigenvalue weighted by Gasteiger charge is -2.32. The van der Waals surface area contributed by atoms with Crippen LogP contribution in [0.25, 0.3) is 0 Å². The molecule has 0 radical (unpaired) electrons. The Morgan fingerprint density at radius 3 is 2.68 bits per heavy atom. The van der Waals surface area contributed by atoms with E-state index in [-0.39, 0.29) is 11.8 Å². The Morgan fingerprint density at radius 2 is 2.08 bits per heavy atom. The van der Waals surface area contributed by atoms with Crippen molar-refractivity contribution in [1.29, 1.82) is 0 Å². The van der Waals surface area contributed by atoms with Gasteiger partial charge in [0.25, 0.3) is 5.91 Å². The van der Waals surface area contributed by atoms with E-state index in [2.05, 4.69) is 9.97 Å². The second-order valence-corrected chi connectivity index (χ2v) is 6.37. The molecule has 0 bridgehead atoms. The van der Waals surface area contributed by atoms with Gasteiger partial charge in [-0.25, -0.2) is 4.98 Å². The number of hydrogen-bond acceptors (Lipinski definition) is 3. The van der Waals surface area contributed by atoms with Gasteiger partial charge in [-0.2, -0.15) is 13.2 Å². The quantitative estimate of drug-likeness (QED) is 0.834. The lowest BCUT2D eigenvalue weighted by Crippen LogP contribution is -2.39. The van der Waals surface area contributed by atoms with Crippen LogP contribution >= 0.6 is 0 Å². The maximum absolute atomic E-state index is 12.9. The number of aromatic nitrogens is 3. The number of alkyl halides is 3. The zero-order valence-corrected chi connectivity index (χ0v) is 14.0. The molecule has 134 valence electrons. The summed E-state index contributed by atoms with van der Waals surface area (Å²) in [5, 5.41) is 0. The second kappa shape index (κ2) is 6.50. The van der Waals surface area contributed by atoms with E-state index in [1.165, 1.54) is 10.8 Å². The molecule has 25 heavy (non-hydrogen) atoms. The highest BCUT2D eigenvalue weighted by Gasteiger charge is 2.36. The van der Waals surface area contributed by atoms with Crippen LogP contribution in [0.5, 0.6) is 0 Å². The molecule has 3 rings (SSSR count). The van der Waals surface area contributed by atoms with Crippen molar-refractivity contribution in [3.8, 4) is 0 Å². The fourth-order valence-electron chi connectivity index (χ4n) is 3.15. The molecule has 3 heterocycles. The van der Waals surface area contributed by atoms with Gasteiger partial charge in [0.15, 0.2) is 5.69 Å². The molecular weight excluding hydrogens is 333 g/mol. The highest BCUT2D eigenvalue weighted by atomic mass is 19.4. The minimum atomic E-state index is -4.46. The highest BCUT2D eigenvalue weighted by Crippen LogP contribution is 2.32. The van der Waals surface area contributed by atoms with Crippen molar-refractivity contribution in [3.63, 3.8) is 0 Å². The number of carbonyl (C=O) groups is 1.